The van der Waals surface area contributed by atoms with E-state index in [4.69, 9.17) is 0 Å². The molecule has 14 heavy (non-hydrogen) atoms. The number of piperidine rings is 1. The normalized spacial score (nSPS) is 30.6. The van der Waals surface area contributed by atoms with E-state index in [1.807, 2.05) is 0 Å². The van der Waals surface area contributed by atoms with Gasteiger partial charge in [-0.25, -0.2) is 0 Å². The third kappa shape index (κ3) is 3.52. The number of hydrogen-bond donors (Lipinski definition) is 1. The fourth-order valence-electron chi connectivity index (χ4n) is 2.01. The van der Waals surface area contributed by atoms with Gasteiger partial charge in [0.15, 0.2) is 0 Å². The van der Waals surface area contributed by atoms with Gasteiger partial charge in [-0.15, -0.1) is 0 Å². The first-order chi connectivity index (χ1) is 6.44. The Kier molecular flexibility index (Phi) is 4.41. The highest BCUT2D eigenvalue weighted by atomic mass is 79.9. The molecule has 2 nitrogen and oxygen atoms in total. The second-order valence-corrected chi connectivity index (χ2v) is 5.93. The first-order valence-corrected chi connectivity index (χ1v) is 6.53. The molecule has 2 atom stereocenters. The van der Waals surface area contributed by atoms with Crippen molar-refractivity contribution in [3.8, 4) is 0 Å². The van der Waals surface area contributed by atoms with Crippen LogP contribution < -0.4 is 0 Å². The molecule has 1 saturated heterocycles. The predicted molar refractivity (Wildman–Crippen MR) is 63.8 cm³/mol. The molecule has 0 aromatic rings. The van der Waals surface area contributed by atoms with E-state index in [2.05, 4.69) is 41.6 Å². The first kappa shape index (κ1) is 12.5. The van der Waals surface area contributed by atoms with E-state index in [9.17, 15) is 5.11 Å². The molecule has 2 unspecified atom stereocenters. The van der Waals surface area contributed by atoms with E-state index < -0.39 is 0 Å². The van der Waals surface area contributed by atoms with Crippen LogP contribution in [0, 0.1) is 11.3 Å². The number of likely N-dealkylation sites (tertiary alicyclic amines) is 1. The number of nitrogens with zero attached hydrogens (tertiary/aromatic N) is 1. The standard InChI is InChI=1S/C11H22BrNO/c1-9-6-13(5-4-10(9)14)8-11(2,3)7-12/h9-10,14H,4-8H2,1-3H3. The second kappa shape index (κ2) is 4.95. The Balaban J connectivity index is 2.40. The molecule has 0 radical (unpaired) electrons. The summed E-state index contributed by atoms with van der Waals surface area (Å²) in [6.07, 6.45) is 0.845. The van der Waals surface area contributed by atoms with Crippen molar-refractivity contribution in [2.24, 2.45) is 11.3 Å². The van der Waals surface area contributed by atoms with Gasteiger partial charge >= 0.3 is 0 Å². The first-order valence-electron chi connectivity index (χ1n) is 5.41. The summed E-state index contributed by atoms with van der Waals surface area (Å²) in [5.41, 5.74) is 0.335. The van der Waals surface area contributed by atoms with Crippen LogP contribution in [0.1, 0.15) is 27.2 Å². The molecule has 0 amide bonds. The maximum atomic E-state index is 9.62. The zero-order chi connectivity index (χ0) is 10.8. The molecule has 1 fully saturated rings. The molecular formula is C11H22BrNO. The summed E-state index contributed by atoms with van der Waals surface area (Å²) in [5, 5.41) is 10.7. The Hall–Kier alpha value is 0.400. The third-order valence-corrected chi connectivity index (χ3v) is 4.48. The van der Waals surface area contributed by atoms with E-state index in [0.29, 0.717) is 11.3 Å². The monoisotopic (exact) mass is 263 g/mol. The smallest absolute Gasteiger partial charge is 0.0590 e. The molecule has 0 bridgehead atoms. The van der Waals surface area contributed by atoms with Crippen LogP contribution in [-0.2, 0) is 0 Å². The molecule has 1 rings (SSSR count). The van der Waals surface area contributed by atoms with Gasteiger partial charge < -0.3 is 10.0 Å². The largest absolute Gasteiger partial charge is 0.393 e. The number of alkyl halides is 1. The Morgan fingerprint density at radius 2 is 2.14 bits per heavy atom. The lowest BCUT2D eigenvalue weighted by atomic mass is 9.91. The van der Waals surface area contributed by atoms with Gasteiger partial charge in [-0.1, -0.05) is 36.7 Å². The Morgan fingerprint density at radius 3 is 2.64 bits per heavy atom. The van der Waals surface area contributed by atoms with Crippen LogP contribution in [0.25, 0.3) is 0 Å². The molecule has 1 aliphatic heterocycles. The minimum absolute atomic E-state index is 0.0849. The fraction of sp³-hybridized carbons (Fsp3) is 1.00. The van der Waals surface area contributed by atoms with Crippen LogP contribution in [0.4, 0.5) is 0 Å². The Bertz CT molecular complexity index is 184. The molecular weight excluding hydrogens is 242 g/mol. The number of aliphatic hydroxyl groups is 1. The van der Waals surface area contributed by atoms with E-state index >= 15 is 0 Å². The molecule has 0 aromatic carbocycles. The van der Waals surface area contributed by atoms with Crippen molar-refractivity contribution in [3.05, 3.63) is 0 Å². The van der Waals surface area contributed by atoms with Crippen molar-refractivity contribution in [2.75, 3.05) is 25.0 Å². The molecule has 1 heterocycles. The SMILES string of the molecule is CC1CN(CC(C)(C)CBr)CCC1O. The lowest BCUT2D eigenvalue weighted by molar-refractivity contribution is 0.0236. The molecule has 0 saturated carbocycles. The topological polar surface area (TPSA) is 23.5 Å². The maximum Gasteiger partial charge on any atom is 0.0590 e. The number of hydrogen-bond acceptors (Lipinski definition) is 2. The molecule has 0 aromatic heterocycles. The Morgan fingerprint density at radius 1 is 1.50 bits per heavy atom. The van der Waals surface area contributed by atoms with Gasteiger partial charge in [0.25, 0.3) is 0 Å². The van der Waals surface area contributed by atoms with E-state index in [1.54, 1.807) is 0 Å². The molecule has 1 aliphatic rings. The van der Waals surface area contributed by atoms with Gasteiger partial charge in [0, 0.05) is 25.0 Å². The highest BCUT2D eigenvalue weighted by Crippen LogP contribution is 2.24. The zero-order valence-corrected chi connectivity index (χ0v) is 11.0. The second-order valence-electron chi connectivity index (χ2n) is 5.37. The summed E-state index contributed by atoms with van der Waals surface area (Å²) in [6, 6.07) is 0. The molecule has 0 spiro atoms. The van der Waals surface area contributed by atoms with Crippen LogP contribution >= 0.6 is 15.9 Å². The van der Waals surface area contributed by atoms with Crippen molar-refractivity contribution in [1.82, 2.24) is 4.90 Å². The lowest BCUT2D eigenvalue weighted by Crippen LogP contribution is -2.45. The quantitative estimate of drug-likeness (QED) is 0.789. The maximum absolute atomic E-state index is 9.62. The predicted octanol–water partition coefficient (Wildman–Crippen LogP) is 2.11. The zero-order valence-electron chi connectivity index (χ0n) is 9.46. The van der Waals surface area contributed by atoms with Crippen molar-refractivity contribution in [3.63, 3.8) is 0 Å². The van der Waals surface area contributed by atoms with Crippen molar-refractivity contribution >= 4 is 15.9 Å². The fourth-order valence-corrected chi connectivity index (χ4v) is 2.19. The summed E-state index contributed by atoms with van der Waals surface area (Å²) in [5.74, 6) is 0.426. The van der Waals surface area contributed by atoms with Gasteiger partial charge in [0.2, 0.25) is 0 Å². The van der Waals surface area contributed by atoms with Crippen LogP contribution in [0.15, 0.2) is 0 Å². The third-order valence-electron chi connectivity index (χ3n) is 2.96. The molecule has 3 heteroatoms. The number of halogens is 1. The van der Waals surface area contributed by atoms with Crippen molar-refractivity contribution in [1.29, 1.82) is 0 Å². The van der Waals surface area contributed by atoms with Crippen LogP contribution in [-0.4, -0.2) is 41.1 Å². The molecule has 1 N–H and O–H groups in total. The van der Waals surface area contributed by atoms with E-state index in [0.717, 1.165) is 31.4 Å². The van der Waals surface area contributed by atoms with Crippen molar-refractivity contribution in [2.45, 2.75) is 33.3 Å². The van der Waals surface area contributed by atoms with Crippen LogP contribution in [0.5, 0.6) is 0 Å². The molecule has 0 aliphatic carbocycles. The average Bonchev–Trinajstić information content (AvgIpc) is 2.11. The summed E-state index contributed by atoms with van der Waals surface area (Å²) in [4.78, 5) is 2.47. The summed E-state index contributed by atoms with van der Waals surface area (Å²) in [7, 11) is 0. The highest BCUT2D eigenvalue weighted by molar-refractivity contribution is 9.09. The summed E-state index contributed by atoms with van der Waals surface area (Å²) in [6.45, 7) is 9.89. The van der Waals surface area contributed by atoms with Gasteiger partial charge in [-0.05, 0) is 17.8 Å². The minimum Gasteiger partial charge on any atom is -0.393 e. The van der Waals surface area contributed by atoms with Crippen molar-refractivity contribution < 1.29 is 5.11 Å². The van der Waals surface area contributed by atoms with Gasteiger partial charge in [-0.3, -0.25) is 0 Å². The van der Waals surface area contributed by atoms with E-state index in [-0.39, 0.29) is 6.10 Å². The number of aliphatic hydroxyl groups excluding tert-OH is 1. The lowest BCUT2D eigenvalue weighted by Gasteiger charge is -2.38. The minimum atomic E-state index is -0.0849. The number of rotatable bonds is 3. The average molecular weight is 264 g/mol. The van der Waals surface area contributed by atoms with Gasteiger partial charge in [0.05, 0.1) is 6.10 Å². The summed E-state index contributed by atoms with van der Waals surface area (Å²) < 4.78 is 0. The van der Waals surface area contributed by atoms with Crippen LogP contribution in [0.3, 0.4) is 0 Å². The van der Waals surface area contributed by atoms with Gasteiger partial charge in [0.1, 0.15) is 0 Å². The summed E-state index contributed by atoms with van der Waals surface area (Å²) >= 11 is 3.55. The highest BCUT2D eigenvalue weighted by Gasteiger charge is 2.27. The van der Waals surface area contributed by atoms with Crippen LogP contribution in [0.2, 0.25) is 0 Å². The van der Waals surface area contributed by atoms with E-state index in [1.165, 1.54) is 0 Å². The van der Waals surface area contributed by atoms with Gasteiger partial charge in [-0.2, -0.15) is 0 Å². The molecule has 84 valence electrons. The Labute approximate surface area is 95.8 Å².